The number of ether oxygens (including phenoxy) is 1. The molecular formula is C11H19NO6S. The Bertz CT molecular complexity index is 432. The quantitative estimate of drug-likeness (QED) is 0.664. The summed E-state index contributed by atoms with van der Waals surface area (Å²) < 4.78 is 37.3. The van der Waals surface area contributed by atoms with Crippen LogP contribution in [0.1, 0.15) is 33.6 Å². The lowest BCUT2D eigenvalue weighted by atomic mass is 10.1. The molecule has 0 aliphatic carbocycles. The zero-order valence-electron chi connectivity index (χ0n) is 11.3. The van der Waals surface area contributed by atoms with Crippen molar-refractivity contribution in [2.45, 2.75) is 51.4 Å². The molecule has 0 bridgehead atoms. The average Bonchev–Trinajstić information content (AvgIpc) is 2.39. The summed E-state index contributed by atoms with van der Waals surface area (Å²) in [6, 6.07) is 0. The zero-order chi connectivity index (χ0) is 14.3. The topological polar surface area (TPSA) is 82.1 Å². The van der Waals surface area contributed by atoms with Crippen LogP contribution in [0.3, 0.4) is 0 Å². The summed E-state index contributed by atoms with van der Waals surface area (Å²) >= 11 is 0. The van der Waals surface area contributed by atoms with Gasteiger partial charge in [0.05, 0.1) is 0 Å². The number of carbonyl (C=O) groups is 1. The van der Waals surface area contributed by atoms with Crippen LogP contribution in [-0.2, 0) is 23.5 Å². The zero-order valence-corrected chi connectivity index (χ0v) is 12.1. The van der Waals surface area contributed by atoms with Crippen molar-refractivity contribution in [2.24, 2.45) is 0 Å². The lowest BCUT2D eigenvalue weighted by Gasteiger charge is -2.26. The molecule has 19 heavy (non-hydrogen) atoms. The molecule has 0 aromatic heterocycles. The van der Waals surface area contributed by atoms with E-state index in [0.29, 0.717) is 25.9 Å². The highest BCUT2D eigenvalue weighted by molar-refractivity contribution is 7.82. The van der Waals surface area contributed by atoms with Crippen LogP contribution < -0.4 is 0 Å². The van der Waals surface area contributed by atoms with Gasteiger partial charge in [0.15, 0.2) is 0 Å². The number of carbonyl (C=O) groups excluding carboxylic acids is 1. The van der Waals surface area contributed by atoms with E-state index in [0.717, 1.165) is 0 Å². The van der Waals surface area contributed by atoms with Crippen molar-refractivity contribution in [1.82, 2.24) is 4.90 Å². The number of rotatable bonds is 0. The van der Waals surface area contributed by atoms with Gasteiger partial charge < -0.3 is 9.64 Å². The Balaban J connectivity index is 1.95. The van der Waals surface area contributed by atoms with Crippen molar-refractivity contribution >= 4 is 16.5 Å². The van der Waals surface area contributed by atoms with Crippen LogP contribution in [0.15, 0.2) is 0 Å². The maximum Gasteiger partial charge on any atom is 0.410 e. The van der Waals surface area contributed by atoms with E-state index < -0.39 is 34.3 Å². The van der Waals surface area contributed by atoms with Gasteiger partial charge in [0.25, 0.3) is 0 Å². The molecule has 0 aromatic rings. The van der Waals surface area contributed by atoms with Gasteiger partial charge >= 0.3 is 16.5 Å². The van der Waals surface area contributed by atoms with Gasteiger partial charge in [-0.15, -0.1) is 0 Å². The summed E-state index contributed by atoms with van der Waals surface area (Å²) in [5, 5.41) is 0. The average molecular weight is 293 g/mol. The largest absolute Gasteiger partial charge is 0.444 e. The number of nitrogens with zero attached hydrogens (tertiary/aromatic N) is 1. The molecule has 0 spiro atoms. The lowest BCUT2D eigenvalue weighted by Crippen LogP contribution is -2.37. The molecule has 2 unspecified atom stereocenters. The normalized spacial score (nSPS) is 30.6. The monoisotopic (exact) mass is 293 g/mol. The number of hydrogen-bond acceptors (Lipinski definition) is 6. The van der Waals surface area contributed by atoms with Gasteiger partial charge in [0, 0.05) is 13.1 Å². The first-order chi connectivity index (χ1) is 8.66. The molecule has 110 valence electrons. The predicted octanol–water partition coefficient (Wildman–Crippen LogP) is 1.05. The molecule has 7 nitrogen and oxygen atoms in total. The molecule has 2 aliphatic heterocycles. The minimum atomic E-state index is -3.85. The van der Waals surface area contributed by atoms with Crippen molar-refractivity contribution in [3.8, 4) is 0 Å². The summed E-state index contributed by atoms with van der Waals surface area (Å²) in [4.78, 5) is 13.5. The van der Waals surface area contributed by atoms with E-state index in [2.05, 4.69) is 0 Å². The van der Waals surface area contributed by atoms with Crippen LogP contribution in [0, 0.1) is 0 Å². The third-order valence-corrected chi connectivity index (χ3v) is 3.88. The van der Waals surface area contributed by atoms with Crippen LogP contribution >= 0.6 is 0 Å². The van der Waals surface area contributed by atoms with Crippen LogP contribution in [0.25, 0.3) is 0 Å². The highest BCUT2D eigenvalue weighted by Gasteiger charge is 2.42. The van der Waals surface area contributed by atoms with Crippen LogP contribution in [0.2, 0.25) is 0 Å². The van der Waals surface area contributed by atoms with Crippen molar-refractivity contribution in [3.63, 3.8) is 0 Å². The standard InChI is InChI=1S/C11H19NO6S/c1-11(2,3)16-10(13)12-6-4-8-9(5-7-12)18-19(14,15)17-8/h8-9H,4-7H2,1-3H3. The fourth-order valence-electron chi connectivity index (χ4n) is 2.10. The molecular weight excluding hydrogens is 274 g/mol. The van der Waals surface area contributed by atoms with E-state index >= 15 is 0 Å². The van der Waals surface area contributed by atoms with Gasteiger partial charge in [-0.05, 0) is 33.6 Å². The summed E-state index contributed by atoms with van der Waals surface area (Å²) in [6.07, 6.45) is -0.558. The van der Waals surface area contributed by atoms with Gasteiger partial charge in [-0.25, -0.2) is 13.2 Å². The molecule has 0 saturated carbocycles. The molecule has 0 radical (unpaired) electrons. The molecule has 0 aromatic carbocycles. The molecule has 2 heterocycles. The molecule has 2 atom stereocenters. The lowest BCUT2D eigenvalue weighted by molar-refractivity contribution is 0.0250. The molecule has 2 fully saturated rings. The molecule has 1 amide bonds. The molecule has 8 heteroatoms. The highest BCUT2D eigenvalue weighted by atomic mass is 32.3. The third kappa shape index (κ3) is 3.80. The molecule has 2 aliphatic rings. The van der Waals surface area contributed by atoms with Crippen LogP contribution in [0.4, 0.5) is 4.79 Å². The van der Waals surface area contributed by atoms with Crippen LogP contribution in [-0.4, -0.2) is 50.3 Å². The first-order valence-corrected chi connectivity index (χ1v) is 7.59. The summed E-state index contributed by atoms with van der Waals surface area (Å²) in [6.45, 7) is 6.20. The van der Waals surface area contributed by atoms with E-state index in [9.17, 15) is 13.2 Å². The van der Waals surface area contributed by atoms with Gasteiger partial charge in [-0.2, -0.15) is 8.42 Å². The van der Waals surface area contributed by atoms with Crippen LogP contribution in [0.5, 0.6) is 0 Å². The first-order valence-electron chi connectivity index (χ1n) is 6.26. The van der Waals surface area contributed by atoms with E-state index in [1.165, 1.54) is 0 Å². The van der Waals surface area contributed by atoms with E-state index in [4.69, 9.17) is 13.1 Å². The fraction of sp³-hybridized carbons (Fsp3) is 0.909. The summed E-state index contributed by atoms with van der Waals surface area (Å²) in [5.74, 6) is 0. The Labute approximate surface area is 113 Å². The van der Waals surface area contributed by atoms with E-state index in [1.807, 2.05) is 0 Å². The molecule has 0 N–H and O–H groups in total. The number of fused-ring (bicyclic) bond motifs is 1. The highest BCUT2D eigenvalue weighted by Crippen LogP contribution is 2.28. The van der Waals surface area contributed by atoms with E-state index in [-0.39, 0.29) is 0 Å². The SMILES string of the molecule is CC(C)(C)OC(=O)N1CCC2OS(=O)(=O)OC2CC1. The Morgan fingerprint density at radius 3 is 2.05 bits per heavy atom. The molecule has 2 saturated heterocycles. The van der Waals surface area contributed by atoms with Gasteiger partial charge in [-0.1, -0.05) is 0 Å². The number of hydrogen-bond donors (Lipinski definition) is 0. The third-order valence-electron chi connectivity index (χ3n) is 2.92. The van der Waals surface area contributed by atoms with Gasteiger partial charge in [-0.3, -0.25) is 0 Å². The fourth-order valence-corrected chi connectivity index (χ4v) is 3.20. The van der Waals surface area contributed by atoms with Gasteiger partial charge in [0.2, 0.25) is 0 Å². The maximum absolute atomic E-state index is 11.9. The first kappa shape index (κ1) is 14.5. The smallest absolute Gasteiger partial charge is 0.410 e. The van der Waals surface area contributed by atoms with Gasteiger partial charge in [0.1, 0.15) is 17.8 Å². The Kier molecular flexibility index (Phi) is 3.76. The number of likely N-dealkylation sites (tertiary alicyclic amines) is 1. The second kappa shape index (κ2) is 4.92. The predicted molar refractivity (Wildman–Crippen MR) is 65.7 cm³/mol. The summed E-state index contributed by atoms with van der Waals surface area (Å²) in [5.41, 5.74) is -0.546. The maximum atomic E-state index is 11.9. The Hall–Kier alpha value is -0.860. The van der Waals surface area contributed by atoms with Crippen molar-refractivity contribution in [2.75, 3.05) is 13.1 Å². The second-order valence-electron chi connectivity index (χ2n) is 5.72. The second-order valence-corrected chi connectivity index (χ2v) is 6.92. The minimum absolute atomic E-state index is 0.393. The summed E-state index contributed by atoms with van der Waals surface area (Å²) in [7, 11) is -3.85. The van der Waals surface area contributed by atoms with Crippen molar-refractivity contribution in [3.05, 3.63) is 0 Å². The Morgan fingerprint density at radius 2 is 1.63 bits per heavy atom. The van der Waals surface area contributed by atoms with Crippen molar-refractivity contribution in [1.29, 1.82) is 0 Å². The van der Waals surface area contributed by atoms with Crippen molar-refractivity contribution < 1.29 is 26.3 Å². The Morgan fingerprint density at radius 1 is 1.16 bits per heavy atom. The van der Waals surface area contributed by atoms with E-state index in [1.54, 1.807) is 25.7 Å². The minimum Gasteiger partial charge on any atom is -0.444 e. The molecule has 2 rings (SSSR count). The number of amides is 1.